The van der Waals surface area contributed by atoms with Gasteiger partial charge in [0.15, 0.2) is 0 Å². The molecule has 24 heavy (non-hydrogen) atoms. The fourth-order valence-electron chi connectivity index (χ4n) is 3.83. The number of hydrogen-bond donors (Lipinski definition) is 3. The van der Waals surface area contributed by atoms with Crippen molar-refractivity contribution < 1.29 is 5.11 Å². The minimum Gasteiger partial charge on any atom is -0.507 e. The molecule has 1 saturated heterocycles. The van der Waals surface area contributed by atoms with Gasteiger partial charge < -0.3 is 5.11 Å². The lowest BCUT2D eigenvalue weighted by molar-refractivity contribution is 0.0498. The number of para-hydroxylation sites is 1. The molecule has 0 amide bonds. The van der Waals surface area contributed by atoms with Crippen molar-refractivity contribution in [1.29, 1.82) is 0 Å². The molecule has 1 aliphatic carbocycles. The molecule has 0 radical (unpaired) electrons. The van der Waals surface area contributed by atoms with Crippen LogP contribution in [0, 0.1) is 0 Å². The van der Waals surface area contributed by atoms with Crippen LogP contribution >= 0.6 is 0 Å². The van der Waals surface area contributed by atoms with Crippen molar-refractivity contribution in [2.24, 2.45) is 0 Å². The number of aromatic hydroxyl groups is 1. The molecule has 2 fully saturated rings. The monoisotopic (exact) mass is 318 g/mol. The third-order valence-corrected chi connectivity index (χ3v) is 5.32. The highest BCUT2D eigenvalue weighted by atomic mass is 16.3. The van der Waals surface area contributed by atoms with Crippen LogP contribution in [-0.2, 0) is 0 Å². The Morgan fingerprint density at radius 1 is 1.04 bits per heavy atom. The molecule has 2 aliphatic rings. The van der Waals surface area contributed by atoms with Crippen molar-refractivity contribution >= 4 is 10.9 Å². The summed E-state index contributed by atoms with van der Waals surface area (Å²) in [6.07, 6.45) is 2.35. The topological polar surface area (TPSA) is 70.1 Å². The maximum absolute atomic E-state index is 9.99. The van der Waals surface area contributed by atoms with Crippen molar-refractivity contribution in [3.8, 4) is 17.0 Å². The highest BCUT2D eigenvalue weighted by Crippen LogP contribution is 2.46. The number of fused-ring (bicyclic) bond motifs is 1. The van der Waals surface area contributed by atoms with Crippen LogP contribution in [0.15, 0.2) is 48.5 Å². The maximum Gasteiger partial charge on any atom is 0.125 e. The number of benzene rings is 2. The van der Waals surface area contributed by atoms with Gasteiger partial charge in [0, 0.05) is 23.0 Å². The lowest BCUT2D eigenvalue weighted by Gasteiger charge is -2.55. The average molecular weight is 318 g/mol. The lowest BCUT2D eigenvalue weighted by atomic mass is 9.64. The number of rotatable bonds is 2. The highest BCUT2D eigenvalue weighted by molar-refractivity contribution is 5.83. The van der Waals surface area contributed by atoms with Crippen LogP contribution in [0.2, 0.25) is 0 Å². The Labute approximate surface area is 139 Å². The van der Waals surface area contributed by atoms with E-state index in [0.717, 1.165) is 17.4 Å². The van der Waals surface area contributed by atoms with Crippen LogP contribution in [0.5, 0.6) is 5.75 Å². The van der Waals surface area contributed by atoms with E-state index in [1.165, 1.54) is 18.4 Å². The minimum atomic E-state index is 0.226. The molecule has 1 spiro atoms. The number of phenols is 1. The first kappa shape index (κ1) is 13.9. The number of nitrogens with zero attached hydrogens (tertiary/aromatic N) is 2. The second kappa shape index (κ2) is 5.00. The van der Waals surface area contributed by atoms with Gasteiger partial charge >= 0.3 is 0 Å². The van der Waals surface area contributed by atoms with Gasteiger partial charge in [-0.2, -0.15) is 0 Å². The van der Waals surface area contributed by atoms with E-state index in [1.54, 1.807) is 12.1 Å². The Balaban J connectivity index is 1.47. The van der Waals surface area contributed by atoms with Crippen molar-refractivity contribution in [1.82, 2.24) is 21.0 Å². The summed E-state index contributed by atoms with van der Waals surface area (Å²) in [6, 6.07) is 15.7. The first-order valence-corrected chi connectivity index (χ1v) is 8.28. The molecule has 1 saturated carbocycles. The second-order valence-corrected chi connectivity index (χ2v) is 6.93. The number of phenolic OH excluding ortho intramolecular Hbond substituents is 1. The number of aromatic nitrogens is 2. The Morgan fingerprint density at radius 2 is 1.88 bits per heavy atom. The molecular formula is C19H18N4O. The van der Waals surface area contributed by atoms with Crippen LogP contribution in [0.25, 0.3) is 22.2 Å². The quantitative estimate of drug-likeness (QED) is 0.678. The molecule has 0 unspecified atom stereocenters. The molecule has 5 nitrogen and oxygen atoms in total. The highest BCUT2D eigenvalue weighted by Gasteiger charge is 2.48. The van der Waals surface area contributed by atoms with E-state index >= 15 is 0 Å². The van der Waals surface area contributed by atoms with Crippen LogP contribution < -0.4 is 10.9 Å². The van der Waals surface area contributed by atoms with Gasteiger partial charge in [-0.05, 0) is 48.6 Å². The van der Waals surface area contributed by atoms with Gasteiger partial charge in [-0.25, -0.2) is 0 Å². The smallest absolute Gasteiger partial charge is 0.125 e. The Kier molecular flexibility index (Phi) is 2.89. The standard InChI is InChI=1S/C19H18N4O/c24-18-4-2-1-3-15(18)17-8-13-6-5-12(7-16(13)21-22-17)14-9-19(10-14)11-20-23-19/h1-8,14,20,23-24H,9-11H2. The van der Waals surface area contributed by atoms with Gasteiger partial charge in [0.25, 0.3) is 0 Å². The Hall–Kier alpha value is -2.50. The van der Waals surface area contributed by atoms with Crippen molar-refractivity contribution in [2.45, 2.75) is 24.3 Å². The largest absolute Gasteiger partial charge is 0.507 e. The SMILES string of the molecule is Oc1ccccc1-c1cc2ccc(C3CC4(CNN4)C3)cc2nn1. The summed E-state index contributed by atoms with van der Waals surface area (Å²) >= 11 is 0. The van der Waals surface area contributed by atoms with E-state index in [4.69, 9.17) is 0 Å². The molecular weight excluding hydrogens is 300 g/mol. The molecule has 1 aliphatic heterocycles. The zero-order chi connectivity index (χ0) is 16.1. The first-order chi connectivity index (χ1) is 11.7. The Morgan fingerprint density at radius 3 is 2.62 bits per heavy atom. The van der Waals surface area contributed by atoms with E-state index in [0.29, 0.717) is 22.7 Å². The van der Waals surface area contributed by atoms with E-state index in [2.05, 4.69) is 39.2 Å². The number of hydrazine groups is 1. The molecule has 3 N–H and O–H groups in total. The molecule has 5 rings (SSSR count). The molecule has 3 aromatic rings. The first-order valence-electron chi connectivity index (χ1n) is 8.28. The van der Waals surface area contributed by atoms with Crippen LogP contribution in [0.3, 0.4) is 0 Å². The predicted molar refractivity (Wildman–Crippen MR) is 92.5 cm³/mol. The maximum atomic E-state index is 9.99. The molecule has 1 aromatic heterocycles. The third kappa shape index (κ3) is 2.09. The minimum absolute atomic E-state index is 0.226. The van der Waals surface area contributed by atoms with Crippen molar-refractivity contribution in [2.75, 3.05) is 6.54 Å². The normalized spacial score (nSPS) is 25.4. The van der Waals surface area contributed by atoms with Crippen LogP contribution in [-0.4, -0.2) is 27.4 Å². The zero-order valence-corrected chi connectivity index (χ0v) is 13.2. The molecule has 2 heterocycles. The summed E-state index contributed by atoms with van der Waals surface area (Å²) in [5, 5.41) is 19.7. The van der Waals surface area contributed by atoms with Gasteiger partial charge in [-0.15, -0.1) is 10.2 Å². The summed E-state index contributed by atoms with van der Waals surface area (Å²) in [5.41, 5.74) is 10.4. The van der Waals surface area contributed by atoms with E-state index in [1.807, 2.05) is 18.2 Å². The van der Waals surface area contributed by atoms with E-state index < -0.39 is 0 Å². The fourth-order valence-corrected chi connectivity index (χ4v) is 3.83. The van der Waals surface area contributed by atoms with E-state index in [-0.39, 0.29) is 5.75 Å². The summed E-state index contributed by atoms with van der Waals surface area (Å²) < 4.78 is 0. The van der Waals surface area contributed by atoms with Crippen molar-refractivity contribution in [3.63, 3.8) is 0 Å². The summed E-state index contributed by atoms with van der Waals surface area (Å²) in [4.78, 5) is 0. The average Bonchev–Trinajstić information content (AvgIpc) is 2.52. The Bertz CT molecular complexity index is 928. The predicted octanol–water partition coefficient (Wildman–Crippen LogP) is 2.73. The summed E-state index contributed by atoms with van der Waals surface area (Å²) in [5.74, 6) is 0.827. The summed E-state index contributed by atoms with van der Waals surface area (Å²) in [7, 11) is 0. The molecule has 0 bridgehead atoms. The summed E-state index contributed by atoms with van der Waals surface area (Å²) in [6.45, 7) is 1.07. The van der Waals surface area contributed by atoms with Crippen LogP contribution in [0.1, 0.15) is 24.3 Å². The van der Waals surface area contributed by atoms with Gasteiger partial charge in [-0.1, -0.05) is 24.3 Å². The third-order valence-electron chi connectivity index (χ3n) is 5.32. The number of hydrogen-bond acceptors (Lipinski definition) is 5. The lowest BCUT2D eigenvalue weighted by Crippen LogP contribution is -2.74. The molecule has 5 heteroatoms. The molecule has 2 aromatic carbocycles. The van der Waals surface area contributed by atoms with Crippen molar-refractivity contribution in [3.05, 3.63) is 54.1 Å². The van der Waals surface area contributed by atoms with E-state index in [9.17, 15) is 5.11 Å². The second-order valence-electron chi connectivity index (χ2n) is 6.93. The van der Waals surface area contributed by atoms with Gasteiger partial charge in [0.05, 0.1) is 11.2 Å². The van der Waals surface area contributed by atoms with Gasteiger partial charge in [0.2, 0.25) is 0 Å². The fraction of sp³-hybridized carbons (Fsp3) is 0.263. The number of nitrogens with one attached hydrogen (secondary N) is 2. The molecule has 120 valence electrons. The zero-order valence-electron chi connectivity index (χ0n) is 13.2. The van der Waals surface area contributed by atoms with Crippen LogP contribution in [0.4, 0.5) is 0 Å². The molecule has 0 atom stereocenters. The van der Waals surface area contributed by atoms with Gasteiger partial charge in [0.1, 0.15) is 5.75 Å². The van der Waals surface area contributed by atoms with Gasteiger partial charge in [-0.3, -0.25) is 10.9 Å².